The smallest absolute Gasteiger partial charge is 0.248 e. The fourth-order valence-electron chi connectivity index (χ4n) is 1.50. The number of aromatic nitrogens is 2. The molecule has 18 heavy (non-hydrogen) atoms. The topological polar surface area (TPSA) is 74.2 Å². The maximum atomic E-state index is 6.08. The van der Waals surface area contributed by atoms with Crippen LogP contribution < -0.4 is 5.73 Å². The van der Waals surface area contributed by atoms with Gasteiger partial charge in [-0.05, 0) is 19.4 Å². The molecular weight excluding hydrogens is 230 g/mol. The highest BCUT2D eigenvalue weighted by Gasteiger charge is 2.27. The highest BCUT2D eigenvalue weighted by atomic mass is 16.5. The highest BCUT2D eigenvalue weighted by molar-refractivity contribution is 5.23. The van der Waals surface area contributed by atoms with Crippen LogP contribution >= 0.6 is 0 Å². The summed E-state index contributed by atoms with van der Waals surface area (Å²) in [5, 5.41) is 3.91. The number of nitrogens with two attached hydrogens (primary N) is 1. The summed E-state index contributed by atoms with van der Waals surface area (Å²) < 4.78 is 10.5. The summed E-state index contributed by atoms with van der Waals surface area (Å²) >= 11 is 0. The average molecular weight is 247 g/mol. The molecule has 0 aliphatic carbocycles. The monoisotopic (exact) mass is 247 g/mol. The molecule has 1 atom stereocenters. The van der Waals surface area contributed by atoms with Crippen molar-refractivity contribution in [1.82, 2.24) is 10.1 Å². The van der Waals surface area contributed by atoms with E-state index in [-0.39, 0.29) is 0 Å². The Hall–Kier alpha value is -1.72. The number of nitrogens with zero attached hydrogens (tertiary/aromatic N) is 2. The fraction of sp³-hybridized carbons (Fsp3) is 0.385. The van der Waals surface area contributed by atoms with Gasteiger partial charge in [0.2, 0.25) is 11.7 Å². The van der Waals surface area contributed by atoms with Crippen LogP contribution in [0.3, 0.4) is 0 Å². The third-order valence-corrected chi connectivity index (χ3v) is 2.92. The van der Waals surface area contributed by atoms with E-state index in [0.29, 0.717) is 11.7 Å². The van der Waals surface area contributed by atoms with Crippen LogP contribution in [0.2, 0.25) is 0 Å². The first-order valence-electron chi connectivity index (χ1n) is 5.74. The molecule has 0 unspecified atom stereocenters. The Kier molecular flexibility index (Phi) is 3.45. The summed E-state index contributed by atoms with van der Waals surface area (Å²) in [6.45, 7) is 3.74. The van der Waals surface area contributed by atoms with Gasteiger partial charge in [-0.15, -0.1) is 0 Å². The number of benzene rings is 1. The zero-order valence-corrected chi connectivity index (χ0v) is 10.8. The van der Waals surface area contributed by atoms with Crippen molar-refractivity contribution < 1.29 is 9.26 Å². The Bertz CT molecular complexity index is 508. The van der Waals surface area contributed by atoms with Crippen molar-refractivity contribution in [1.29, 1.82) is 0 Å². The fourth-order valence-corrected chi connectivity index (χ4v) is 1.50. The normalized spacial score (nSPS) is 13.6. The number of hydrogen-bond donors (Lipinski definition) is 1. The lowest BCUT2D eigenvalue weighted by Crippen LogP contribution is -2.21. The molecule has 0 spiro atoms. The van der Waals surface area contributed by atoms with Crippen LogP contribution in [0.25, 0.3) is 0 Å². The Morgan fingerprint density at radius 3 is 2.56 bits per heavy atom. The van der Waals surface area contributed by atoms with Gasteiger partial charge in [-0.25, -0.2) is 0 Å². The molecule has 0 amide bonds. The molecule has 2 rings (SSSR count). The van der Waals surface area contributed by atoms with Crippen molar-refractivity contribution in [2.45, 2.75) is 25.5 Å². The summed E-state index contributed by atoms with van der Waals surface area (Å²) in [7, 11) is 1.60. The van der Waals surface area contributed by atoms with E-state index in [1.165, 1.54) is 0 Å². The summed E-state index contributed by atoms with van der Waals surface area (Å²) in [6, 6.07) is 9.22. The third-order valence-electron chi connectivity index (χ3n) is 2.92. The molecule has 0 saturated carbocycles. The molecule has 5 heteroatoms. The Morgan fingerprint density at radius 2 is 1.94 bits per heavy atom. The second-order valence-electron chi connectivity index (χ2n) is 4.56. The van der Waals surface area contributed by atoms with E-state index in [1.807, 2.05) is 44.2 Å². The van der Waals surface area contributed by atoms with Gasteiger partial charge in [-0.2, -0.15) is 4.98 Å². The highest BCUT2D eigenvalue weighted by Crippen LogP contribution is 2.23. The molecule has 5 nitrogen and oxygen atoms in total. The zero-order valence-electron chi connectivity index (χ0n) is 10.8. The third kappa shape index (κ3) is 2.42. The molecule has 0 fully saturated rings. The second-order valence-corrected chi connectivity index (χ2v) is 4.56. The minimum Gasteiger partial charge on any atom is -0.371 e. The Morgan fingerprint density at radius 1 is 1.28 bits per heavy atom. The van der Waals surface area contributed by atoms with Crippen molar-refractivity contribution >= 4 is 0 Å². The van der Waals surface area contributed by atoms with E-state index in [4.69, 9.17) is 15.0 Å². The van der Waals surface area contributed by atoms with Gasteiger partial charge in [0.1, 0.15) is 11.6 Å². The minimum absolute atomic E-state index is 0.390. The van der Waals surface area contributed by atoms with Gasteiger partial charge < -0.3 is 15.0 Å². The molecule has 2 N–H and O–H groups in total. The van der Waals surface area contributed by atoms with Crippen molar-refractivity contribution in [2.24, 2.45) is 5.73 Å². The maximum Gasteiger partial charge on any atom is 0.248 e. The predicted molar refractivity (Wildman–Crippen MR) is 66.8 cm³/mol. The summed E-state index contributed by atoms with van der Waals surface area (Å²) in [5.41, 5.74) is 6.43. The zero-order chi connectivity index (χ0) is 13.2. The van der Waals surface area contributed by atoms with Gasteiger partial charge in [0.15, 0.2) is 0 Å². The van der Waals surface area contributed by atoms with E-state index in [2.05, 4.69) is 10.1 Å². The van der Waals surface area contributed by atoms with Crippen LogP contribution in [-0.4, -0.2) is 17.3 Å². The molecule has 2 aromatic rings. The van der Waals surface area contributed by atoms with Gasteiger partial charge in [-0.3, -0.25) is 0 Å². The quantitative estimate of drug-likeness (QED) is 0.894. The van der Waals surface area contributed by atoms with Crippen LogP contribution in [0.4, 0.5) is 0 Å². The van der Waals surface area contributed by atoms with E-state index in [9.17, 15) is 0 Å². The molecule has 0 aliphatic heterocycles. The molecule has 0 saturated heterocycles. The largest absolute Gasteiger partial charge is 0.371 e. The van der Waals surface area contributed by atoms with Gasteiger partial charge in [0.25, 0.3) is 0 Å². The van der Waals surface area contributed by atoms with E-state index >= 15 is 0 Å². The summed E-state index contributed by atoms with van der Waals surface area (Å²) in [6.07, 6.45) is 0. The first kappa shape index (κ1) is 12.7. The molecule has 1 aromatic heterocycles. The molecule has 0 aliphatic rings. The lowest BCUT2D eigenvalue weighted by Gasteiger charge is -2.17. The lowest BCUT2D eigenvalue weighted by atomic mass is 10.1. The number of hydrogen-bond acceptors (Lipinski definition) is 5. The molecule has 0 radical (unpaired) electrons. The molecular formula is C13H17N3O2. The number of rotatable bonds is 4. The molecule has 1 aromatic carbocycles. The first-order valence-corrected chi connectivity index (χ1v) is 5.74. The maximum absolute atomic E-state index is 6.08. The second kappa shape index (κ2) is 4.88. The molecule has 96 valence electrons. The van der Waals surface area contributed by atoms with Crippen LogP contribution in [0.5, 0.6) is 0 Å². The Labute approximate surface area is 106 Å². The van der Waals surface area contributed by atoms with E-state index < -0.39 is 11.6 Å². The van der Waals surface area contributed by atoms with E-state index in [1.54, 1.807) is 7.11 Å². The van der Waals surface area contributed by atoms with Crippen molar-refractivity contribution in [3.63, 3.8) is 0 Å². The number of ether oxygens (including phenoxy) is 1. The van der Waals surface area contributed by atoms with Crippen LogP contribution in [0.1, 0.15) is 37.2 Å². The van der Waals surface area contributed by atoms with Gasteiger partial charge in [0.05, 0.1) is 0 Å². The van der Waals surface area contributed by atoms with Gasteiger partial charge in [-0.1, -0.05) is 35.5 Å². The van der Waals surface area contributed by atoms with Gasteiger partial charge >= 0.3 is 0 Å². The van der Waals surface area contributed by atoms with Crippen LogP contribution in [-0.2, 0) is 10.3 Å². The first-order chi connectivity index (χ1) is 8.54. The molecule has 1 heterocycles. The average Bonchev–Trinajstić information content (AvgIpc) is 2.89. The van der Waals surface area contributed by atoms with Crippen LogP contribution in [0.15, 0.2) is 34.9 Å². The number of methoxy groups -OCH3 is 1. The Balaban J connectivity index is 2.26. The lowest BCUT2D eigenvalue weighted by molar-refractivity contribution is 0.00973. The predicted octanol–water partition coefficient (Wildman–Crippen LogP) is 2.00. The van der Waals surface area contributed by atoms with Crippen molar-refractivity contribution in [3.8, 4) is 0 Å². The SMILES string of the molecule is COC(C)(C)c1noc([C@H](N)c2ccccc2)n1. The van der Waals surface area contributed by atoms with Gasteiger partial charge in [0, 0.05) is 7.11 Å². The standard InChI is InChI=1S/C13H17N3O2/c1-13(2,17-3)12-15-11(18-16-12)10(14)9-7-5-4-6-8-9/h4-8,10H,14H2,1-3H3/t10-/m1/s1. The van der Waals surface area contributed by atoms with E-state index in [0.717, 1.165) is 5.56 Å². The summed E-state index contributed by atoms with van der Waals surface area (Å²) in [4.78, 5) is 4.30. The minimum atomic E-state index is -0.585. The van der Waals surface area contributed by atoms with Crippen molar-refractivity contribution in [3.05, 3.63) is 47.6 Å². The summed E-state index contributed by atoms with van der Waals surface area (Å²) in [5.74, 6) is 0.882. The van der Waals surface area contributed by atoms with Crippen molar-refractivity contribution in [2.75, 3.05) is 7.11 Å². The molecule has 0 bridgehead atoms. The van der Waals surface area contributed by atoms with Crippen LogP contribution in [0, 0.1) is 0 Å².